The molecular weight excluding hydrogens is 262 g/mol. The molecule has 2 N–H and O–H groups in total. The molecule has 4 heteroatoms. The predicted octanol–water partition coefficient (Wildman–Crippen LogP) is 1.85. The number of likely N-dealkylation sites (tertiary alicyclic amines) is 1. The number of hydrogen-bond donors (Lipinski definition) is 1. The molecule has 2 rings (SSSR count). The van der Waals surface area contributed by atoms with Crippen molar-refractivity contribution in [2.45, 2.75) is 45.3 Å². The van der Waals surface area contributed by atoms with E-state index in [0.29, 0.717) is 6.04 Å². The lowest BCUT2D eigenvalue weighted by molar-refractivity contribution is -0.135. The quantitative estimate of drug-likeness (QED) is 0.900. The molecule has 0 radical (unpaired) electrons. The van der Waals surface area contributed by atoms with Crippen LogP contribution in [0.3, 0.4) is 0 Å². The first-order valence-corrected chi connectivity index (χ1v) is 7.89. The molecule has 1 heterocycles. The van der Waals surface area contributed by atoms with Crippen LogP contribution in [0.1, 0.15) is 32.3 Å². The van der Waals surface area contributed by atoms with Crippen molar-refractivity contribution in [1.29, 1.82) is 0 Å². The second-order valence-electron chi connectivity index (χ2n) is 6.12. The van der Waals surface area contributed by atoms with Crippen LogP contribution in [-0.4, -0.2) is 47.4 Å². The molecule has 0 aromatic heterocycles. The Kier molecular flexibility index (Phi) is 5.76. The number of hydrogen-bond acceptors (Lipinski definition) is 3. The van der Waals surface area contributed by atoms with Crippen molar-refractivity contribution in [3.63, 3.8) is 0 Å². The Labute approximate surface area is 127 Å². The summed E-state index contributed by atoms with van der Waals surface area (Å²) in [5.41, 5.74) is 6.90. The fraction of sp³-hybridized carbons (Fsp3) is 0.588. The first kappa shape index (κ1) is 16.0. The summed E-state index contributed by atoms with van der Waals surface area (Å²) in [6.07, 6.45) is 2.22. The van der Waals surface area contributed by atoms with Gasteiger partial charge < -0.3 is 10.6 Å². The van der Waals surface area contributed by atoms with Gasteiger partial charge in [-0.15, -0.1) is 0 Å². The van der Waals surface area contributed by atoms with Crippen LogP contribution in [-0.2, 0) is 11.3 Å². The van der Waals surface area contributed by atoms with Gasteiger partial charge in [0.05, 0.1) is 6.54 Å². The Morgan fingerprint density at radius 2 is 2.10 bits per heavy atom. The van der Waals surface area contributed by atoms with Gasteiger partial charge >= 0.3 is 0 Å². The highest BCUT2D eigenvalue weighted by atomic mass is 16.2. The lowest BCUT2D eigenvalue weighted by atomic mass is 10.0. The first-order chi connectivity index (χ1) is 10.1. The number of amides is 1. The second-order valence-corrected chi connectivity index (χ2v) is 6.12. The standard InChI is InChI=1S/C17H27N3O/c1-14(2)20(17(21)11-18)16-9-6-10-19(13-16)12-15-7-4-3-5-8-15/h3-5,7-8,14,16H,6,9-13,18H2,1-2H3. The highest BCUT2D eigenvalue weighted by Crippen LogP contribution is 2.20. The van der Waals surface area contributed by atoms with Gasteiger partial charge in [0.15, 0.2) is 0 Å². The Morgan fingerprint density at radius 1 is 1.38 bits per heavy atom. The molecule has 4 nitrogen and oxygen atoms in total. The summed E-state index contributed by atoms with van der Waals surface area (Å²) in [6, 6.07) is 11.0. The Morgan fingerprint density at radius 3 is 2.71 bits per heavy atom. The summed E-state index contributed by atoms with van der Waals surface area (Å²) in [5, 5.41) is 0. The molecule has 1 aromatic carbocycles. The summed E-state index contributed by atoms with van der Waals surface area (Å²) < 4.78 is 0. The number of nitrogens with zero attached hydrogens (tertiary/aromatic N) is 2. The number of piperidine rings is 1. The van der Waals surface area contributed by atoms with Crippen molar-refractivity contribution < 1.29 is 4.79 Å². The monoisotopic (exact) mass is 289 g/mol. The van der Waals surface area contributed by atoms with E-state index in [1.54, 1.807) is 0 Å². The smallest absolute Gasteiger partial charge is 0.236 e. The maximum absolute atomic E-state index is 12.1. The average Bonchev–Trinajstić information content (AvgIpc) is 2.48. The average molecular weight is 289 g/mol. The van der Waals surface area contributed by atoms with E-state index in [-0.39, 0.29) is 18.5 Å². The van der Waals surface area contributed by atoms with E-state index in [2.05, 4.69) is 43.0 Å². The van der Waals surface area contributed by atoms with Gasteiger partial charge in [-0.1, -0.05) is 30.3 Å². The Bertz CT molecular complexity index is 447. The molecule has 116 valence electrons. The number of nitrogens with two attached hydrogens (primary N) is 1. The highest BCUT2D eigenvalue weighted by molar-refractivity contribution is 5.78. The molecule has 1 saturated heterocycles. The summed E-state index contributed by atoms with van der Waals surface area (Å²) in [5.74, 6) is 0.0663. The SMILES string of the molecule is CC(C)N(C(=O)CN)C1CCCN(Cc2ccccc2)C1. The van der Waals surface area contributed by atoms with Crippen molar-refractivity contribution in [3.8, 4) is 0 Å². The molecule has 1 fully saturated rings. The zero-order valence-electron chi connectivity index (χ0n) is 13.2. The Balaban J connectivity index is 2.00. The van der Waals surface area contributed by atoms with E-state index in [9.17, 15) is 4.79 Å². The molecule has 21 heavy (non-hydrogen) atoms. The van der Waals surface area contributed by atoms with Gasteiger partial charge in [-0.3, -0.25) is 9.69 Å². The third kappa shape index (κ3) is 4.29. The molecule has 0 aliphatic carbocycles. The molecule has 0 saturated carbocycles. The summed E-state index contributed by atoms with van der Waals surface area (Å²) in [6.45, 7) is 7.26. The van der Waals surface area contributed by atoms with Crippen LogP contribution in [0.15, 0.2) is 30.3 Å². The van der Waals surface area contributed by atoms with Gasteiger partial charge in [0, 0.05) is 25.2 Å². The molecule has 1 aliphatic rings. The van der Waals surface area contributed by atoms with Crippen molar-refractivity contribution in [2.75, 3.05) is 19.6 Å². The van der Waals surface area contributed by atoms with E-state index < -0.39 is 0 Å². The molecule has 1 aliphatic heterocycles. The fourth-order valence-corrected chi connectivity index (χ4v) is 3.26. The first-order valence-electron chi connectivity index (χ1n) is 7.89. The van der Waals surface area contributed by atoms with Gasteiger partial charge in [0.2, 0.25) is 5.91 Å². The van der Waals surface area contributed by atoms with Gasteiger partial charge in [0.1, 0.15) is 0 Å². The molecular formula is C17H27N3O. The second kappa shape index (κ2) is 7.57. The summed E-state index contributed by atoms with van der Waals surface area (Å²) in [4.78, 5) is 16.5. The van der Waals surface area contributed by atoms with Gasteiger partial charge in [-0.05, 0) is 38.8 Å². The van der Waals surface area contributed by atoms with E-state index in [1.807, 2.05) is 11.0 Å². The maximum Gasteiger partial charge on any atom is 0.236 e. The molecule has 1 amide bonds. The zero-order valence-corrected chi connectivity index (χ0v) is 13.2. The lowest BCUT2D eigenvalue weighted by Gasteiger charge is -2.41. The molecule has 0 bridgehead atoms. The van der Waals surface area contributed by atoms with Crippen molar-refractivity contribution in [2.24, 2.45) is 5.73 Å². The highest BCUT2D eigenvalue weighted by Gasteiger charge is 2.29. The van der Waals surface area contributed by atoms with Crippen LogP contribution in [0.2, 0.25) is 0 Å². The van der Waals surface area contributed by atoms with Crippen LogP contribution in [0.5, 0.6) is 0 Å². The number of rotatable bonds is 5. The van der Waals surface area contributed by atoms with Crippen molar-refractivity contribution in [3.05, 3.63) is 35.9 Å². The minimum atomic E-state index is 0.0663. The van der Waals surface area contributed by atoms with Crippen LogP contribution < -0.4 is 5.73 Å². The third-order valence-corrected chi connectivity index (χ3v) is 4.14. The fourth-order valence-electron chi connectivity index (χ4n) is 3.26. The predicted molar refractivity (Wildman–Crippen MR) is 85.8 cm³/mol. The normalized spacial score (nSPS) is 19.7. The molecule has 1 aromatic rings. The summed E-state index contributed by atoms with van der Waals surface area (Å²) >= 11 is 0. The largest absolute Gasteiger partial charge is 0.335 e. The van der Waals surface area contributed by atoms with Gasteiger partial charge in [0.25, 0.3) is 0 Å². The van der Waals surface area contributed by atoms with Crippen molar-refractivity contribution >= 4 is 5.91 Å². The minimum absolute atomic E-state index is 0.0663. The number of carbonyl (C=O) groups is 1. The molecule has 0 spiro atoms. The molecule has 1 atom stereocenters. The van der Waals surface area contributed by atoms with Crippen LogP contribution in [0, 0.1) is 0 Å². The van der Waals surface area contributed by atoms with Gasteiger partial charge in [-0.2, -0.15) is 0 Å². The van der Waals surface area contributed by atoms with E-state index in [0.717, 1.165) is 32.5 Å². The van der Waals surface area contributed by atoms with Crippen LogP contribution in [0.25, 0.3) is 0 Å². The van der Waals surface area contributed by atoms with E-state index in [4.69, 9.17) is 5.73 Å². The zero-order chi connectivity index (χ0) is 15.2. The maximum atomic E-state index is 12.1. The van der Waals surface area contributed by atoms with Gasteiger partial charge in [-0.25, -0.2) is 0 Å². The Hall–Kier alpha value is -1.39. The minimum Gasteiger partial charge on any atom is -0.335 e. The van der Waals surface area contributed by atoms with Crippen molar-refractivity contribution in [1.82, 2.24) is 9.80 Å². The van der Waals surface area contributed by atoms with Crippen LogP contribution >= 0.6 is 0 Å². The van der Waals surface area contributed by atoms with E-state index >= 15 is 0 Å². The van der Waals surface area contributed by atoms with E-state index in [1.165, 1.54) is 5.56 Å². The number of benzene rings is 1. The van der Waals surface area contributed by atoms with Crippen LogP contribution in [0.4, 0.5) is 0 Å². The summed E-state index contributed by atoms with van der Waals surface area (Å²) in [7, 11) is 0. The lowest BCUT2D eigenvalue weighted by Crippen LogP contribution is -2.54. The number of carbonyl (C=O) groups excluding carboxylic acids is 1. The molecule has 1 unspecified atom stereocenters. The topological polar surface area (TPSA) is 49.6 Å². The third-order valence-electron chi connectivity index (χ3n) is 4.14.